The predicted molar refractivity (Wildman–Crippen MR) is 69.0 cm³/mol. The van der Waals surface area contributed by atoms with Crippen molar-refractivity contribution in [3.05, 3.63) is 35.1 Å². The minimum absolute atomic E-state index is 0.0600. The first kappa shape index (κ1) is 13.3. The Bertz CT molecular complexity index is 844. The molecule has 0 bridgehead atoms. The Hall–Kier alpha value is -2.36. The molecule has 0 amide bonds. The van der Waals surface area contributed by atoms with Crippen LogP contribution in [0.4, 0.5) is 13.2 Å². The molecule has 1 unspecified atom stereocenters. The number of para-hydroxylation sites is 2. The molecule has 3 heterocycles. The van der Waals surface area contributed by atoms with Gasteiger partial charge in [-0.1, -0.05) is 23.5 Å². The van der Waals surface area contributed by atoms with Crippen LogP contribution in [0.2, 0.25) is 0 Å². The van der Waals surface area contributed by atoms with Crippen LogP contribution >= 0.6 is 11.3 Å². The van der Waals surface area contributed by atoms with Crippen LogP contribution in [0, 0.1) is 0 Å². The summed E-state index contributed by atoms with van der Waals surface area (Å²) in [6.45, 7) is 0.169. The van der Waals surface area contributed by atoms with Gasteiger partial charge in [0.15, 0.2) is 22.6 Å². The van der Waals surface area contributed by atoms with Crippen LogP contribution in [-0.4, -0.2) is 26.4 Å². The van der Waals surface area contributed by atoms with Crippen molar-refractivity contribution in [2.45, 2.75) is 12.3 Å². The lowest BCUT2D eigenvalue weighted by atomic mass is 10.3. The first-order chi connectivity index (χ1) is 10.5. The van der Waals surface area contributed by atoms with Crippen molar-refractivity contribution in [2.24, 2.45) is 0 Å². The topological polar surface area (TPSA) is 61.5 Å². The predicted octanol–water partition coefficient (Wildman–Crippen LogP) is 2.72. The van der Waals surface area contributed by atoms with Gasteiger partial charge in [-0.3, -0.25) is 0 Å². The molecule has 0 saturated heterocycles. The molecule has 2 aromatic heterocycles. The van der Waals surface area contributed by atoms with Crippen LogP contribution in [-0.2, 0) is 6.18 Å². The van der Waals surface area contributed by atoms with E-state index < -0.39 is 18.1 Å². The molecular formula is C12H7F3N4O2S. The molecule has 3 aromatic rings. The molecule has 0 fully saturated rings. The van der Waals surface area contributed by atoms with Gasteiger partial charge in [0.25, 0.3) is 5.82 Å². The fraction of sp³-hybridized carbons (Fsp3) is 0.250. The monoisotopic (exact) mass is 328 g/mol. The Morgan fingerprint density at radius 1 is 1.18 bits per heavy atom. The van der Waals surface area contributed by atoms with Gasteiger partial charge in [0.1, 0.15) is 6.61 Å². The third-order valence-corrected chi connectivity index (χ3v) is 4.03. The number of rotatable bonds is 1. The van der Waals surface area contributed by atoms with E-state index in [-0.39, 0.29) is 11.6 Å². The summed E-state index contributed by atoms with van der Waals surface area (Å²) < 4.78 is 50.3. The highest BCUT2D eigenvalue weighted by Crippen LogP contribution is 2.37. The van der Waals surface area contributed by atoms with E-state index in [4.69, 9.17) is 9.47 Å². The number of fused-ring (bicyclic) bond motifs is 2. The fourth-order valence-electron chi connectivity index (χ4n) is 2.08. The molecule has 114 valence electrons. The Labute approximate surface area is 125 Å². The average Bonchev–Trinajstić information content (AvgIpc) is 3.05. The fourth-order valence-corrected chi connectivity index (χ4v) is 2.93. The highest BCUT2D eigenvalue weighted by Gasteiger charge is 2.39. The van der Waals surface area contributed by atoms with Crippen LogP contribution in [0.25, 0.3) is 4.96 Å². The van der Waals surface area contributed by atoms with Crippen molar-refractivity contribution in [3.8, 4) is 11.5 Å². The minimum atomic E-state index is -4.61. The van der Waals surface area contributed by atoms with E-state index in [1.165, 1.54) is 0 Å². The summed E-state index contributed by atoms with van der Waals surface area (Å²) in [5.41, 5.74) is 0. The quantitative estimate of drug-likeness (QED) is 0.687. The van der Waals surface area contributed by atoms with Gasteiger partial charge in [0, 0.05) is 0 Å². The number of hydrogen-bond acceptors (Lipinski definition) is 6. The van der Waals surface area contributed by atoms with E-state index in [0.29, 0.717) is 21.0 Å². The standard InChI is InChI=1S/C12H7F3N4O2S/c13-12(14,15)10-16-17-11-19(10)18-9(22-11)8-5-20-6-3-1-2-4-7(6)21-8/h1-4,8H,5H2. The normalized spacial score (nSPS) is 17.9. The van der Waals surface area contributed by atoms with Crippen LogP contribution in [0.15, 0.2) is 24.3 Å². The summed E-state index contributed by atoms with van der Waals surface area (Å²) in [5.74, 6) is -0.0272. The van der Waals surface area contributed by atoms with Crippen LogP contribution in [0.3, 0.4) is 0 Å². The zero-order chi connectivity index (χ0) is 15.3. The second kappa shape index (κ2) is 4.57. The van der Waals surface area contributed by atoms with Crippen molar-refractivity contribution in [1.82, 2.24) is 19.8 Å². The number of nitrogens with zero attached hydrogens (tertiary/aromatic N) is 4. The third kappa shape index (κ3) is 2.06. The van der Waals surface area contributed by atoms with Crippen LogP contribution in [0.5, 0.6) is 11.5 Å². The first-order valence-electron chi connectivity index (χ1n) is 6.20. The number of alkyl halides is 3. The van der Waals surface area contributed by atoms with Gasteiger partial charge >= 0.3 is 6.18 Å². The van der Waals surface area contributed by atoms with Crippen LogP contribution < -0.4 is 9.47 Å². The molecular weight excluding hydrogens is 321 g/mol. The average molecular weight is 328 g/mol. The highest BCUT2D eigenvalue weighted by atomic mass is 32.1. The third-order valence-electron chi connectivity index (χ3n) is 3.04. The van der Waals surface area contributed by atoms with E-state index in [1.807, 2.05) is 0 Å². The molecule has 1 atom stereocenters. The second-order valence-corrected chi connectivity index (χ2v) is 5.51. The van der Waals surface area contributed by atoms with E-state index in [2.05, 4.69) is 15.3 Å². The number of hydrogen-bond donors (Lipinski definition) is 0. The zero-order valence-electron chi connectivity index (χ0n) is 10.7. The maximum Gasteiger partial charge on any atom is 0.453 e. The van der Waals surface area contributed by atoms with Gasteiger partial charge in [-0.2, -0.15) is 22.8 Å². The van der Waals surface area contributed by atoms with E-state index in [1.54, 1.807) is 24.3 Å². The lowest BCUT2D eigenvalue weighted by Gasteiger charge is -2.24. The Balaban J connectivity index is 1.70. The molecule has 22 heavy (non-hydrogen) atoms. The molecule has 10 heteroatoms. The van der Waals surface area contributed by atoms with E-state index in [9.17, 15) is 13.2 Å². The molecule has 1 aromatic carbocycles. The summed E-state index contributed by atoms with van der Waals surface area (Å²) in [4.78, 5) is 0.0600. The Kier molecular flexibility index (Phi) is 2.76. The first-order valence-corrected chi connectivity index (χ1v) is 7.02. The van der Waals surface area contributed by atoms with Crippen molar-refractivity contribution in [2.75, 3.05) is 6.61 Å². The van der Waals surface area contributed by atoms with Gasteiger partial charge in [0.05, 0.1) is 0 Å². The number of aromatic nitrogens is 4. The lowest BCUT2D eigenvalue weighted by Crippen LogP contribution is -2.22. The minimum Gasteiger partial charge on any atom is -0.485 e. The smallest absolute Gasteiger partial charge is 0.453 e. The summed E-state index contributed by atoms with van der Waals surface area (Å²) in [6, 6.07) is 7.07. The zero-order valence-corrected chi connectivity index (χ0v) is 11.6. The molecule has 4 rings (SSSR count). The number of ether oxygens (including phenoxy) is 2. The molecule has 0 N–H and O–H groups in total. The van der Waals surface area contributed by atoms with Crippen LogP contribution in [0.1, 0.15) is 16.9 Å². The van der Waals surface area contributed by atoms with Gasteiger partial charge in [-0.05, 0) is 12.1 Å². The summed E-state index contributed by atoms with van der Waals surface area (Å²) in [6.07, 6.45) is -5.19. The number of halogens is 3. The lowest BCUT2D eigenvalue weighted by molar-refractivity contribution is -0.146. The van der Waals surface area contributed by atoms with E-state index in [0.717, 1.165) is 11.3 Å². The van der Waals surface area contributed by atoms with E-state index >= 15 is 0 Å². The van der Waals surface area contributed by atoms with Gasteiger partial charge < -0.3 is 9.47 Å². The molecule has 1 aliphatic heterocycles. The van der Waals surface area contributed by atoms with Crippen molar-refractivity contribution in [3.63, 3.8) is 0 Å². The summed E-state index contributed by atoms with van der Waals surface area (Å²) in [7, 11) is 0. The van der Waals surface area contributed by atoms with Crippen molar-refractivity contribution < 1.29 is 22.6 Å². The Morgan fingerprint density at radius 3 is 2.73 bits per heavy atom. The summed E-state index contributed by atoms with van der Waals surface area (Å²) >= 11 is 0.989. The molecule has 0 spiro atoms. The van der Waals surface area contributed by atoms with Crippen molar-refractivity contribution >= 4 is 16.3 Å². The van der Waals surface area contributed by atoms with Gasteiger partial charge in [0.2, 0.25) is 4.96 Å². The maximum atomic E-state index is 12.8. The SMILES string of the molecule is FC(F)(F)c1nnc2sc(C3COc4ccccc4O3)nn12. The molecule has 0 saturated carbocycles. The second-order valence-electron chi connectivity index (χ2n) is 4.52. The summed E-state index contributed by atoms with van der Waals surface area (Å²) in [5, 5.41) is 10.9. The molecule has 6 nitrogen and oxygen atoms in total. The largest absolute Gasteiger partial charge is 0.485 e. The molecule has 1 aliphatic rings. The number of benzene rings is 1. The molecule has 0 aliphatic carbocycles. The highest BCUT2D eigenvalue weighted by molar-refractivity contribution is 7.16. The van der Waals surface area contributed by atoms with Gasteiger partial charge in [-0.15, -0.1) is 10.2 Å². The molecule has 0 radical (unpaired) electrons. The van der Waals surface area contributed by atoms with Crippen molar-refractivity contribution in [1.29, 1.82) is 0 Å². The maximum absolute atomic E-state index is 12.8. The van der Waals surface area contributed by atoms with Gasteiger partial charge in [-0.25, -0.2) is 0 Å². The Morgan fingerprint density at radius 2 is 1.95 bits per heavy atom.